The molecular weight excluding hydrogens is 312 g/mol. The van der Waals surface area contributed by atoms with Gasteiger partial charge in [0.15, 0.2) is 10.6 Å². The van der Waals surface area contributed by atoms with Crippen LogP contribution in [0.25, 0.3) is 0 Å². The molecule has 0 unspecified atom stereocenters. The fourth-order valence-corrected chi connectivity index (χ4v) is 3.52. The molecule has 1 N–H and O–H groups in total. The van der Waals surface area contributed by atoms with Gasteiger partial charge in [-0.2, -0.15) is 0 Å². The number of nitrogens with one attached hydrogen (secondary N) is 1. The molecule has 21 heavy (non-hydrogen) atoms. The van der Waals surface area contributed by atoms with E-state index in [1.807, 2.05) is 0 Å². The topological polar surface area (TPSA) is 76.6 Å². The van der Waals surface area contributed by atoms with Crippen molar-refractivity contribution < 1.29 is 14.3 Å². The molecule has 2 rings (SSSR count). The van der Waals surface area contributed by atoms with Crippen molar-refractivity contribution in [2.24, 2.45) is 0 Å². The Morgan fingerprint density at radius 2 is 2.24 bits per heavy atom. The summed E-state index contributed by atoms with van der Waals surface area (Å²) in [5.74, 6) is 1.02. The third-order valence-corrected chi connectivity index (χ3v) is 4.86. The zero-order chi connectivity index (χ0) is 15.1. The monoisotopic (exact) mass is 332 g/mol. The molecule has 1 aromatic heterocycles. The molecule has 0 aromatic carbocycles. The SMILES string of the molecule is CCCCSc1nnc(NC(=O)N(C)CC2OCCO2)s1. The van der Waals surface area contributed by atoms with Gasteiger partial charge in [0.1, 0.15) is 0 Å². The van der Waals surface area contributed by atoms with E-state index < -0.39 is 0 Å². The van der Waals surface area contributed by atoms with Crippen LogP contribution in [0, 0.1) is 0 Å². The maximum atomic E-state index is 12.0. The molecular formula is C12H20N4O3S2. The number of thioether (sulfide) groups is 1. The van der Waals surface area contributed by atoms with Crippen LogP contribution in [0.15, 0.2) is 4.34 Å². The van der Waals surface area contributed by atoms with Crippen molar-refractivity contribution in [3.63, 3.8) is 0 Å². The summed E-state index contributed by atoms with van der Waals surface area (Å²) in [5.41, 5.74) is 0. The van der Waals surface area contributed by atoms with Gasteiger partial charge in [-0.3, -0.25) is 5.32 Å². The number of amides is 2. The molecule has 0 atom stereocenters. The number of carbonyl (C=O) groups excluding carboxylic acids is 1. The van der Waals surface area contributed by atoms with Crippen LogP contribution in [0.3, 0.4) is 0 Å². The van der Waals surface area contributed by atoms with Gasteiger partial charge in [0, 0.05) is 12.8 Å². The highest BCUT2D eigenvalue weighted by Crippen LogP contribution is 2.26. The first-order chi connectivity index (χ1) is 10.2. The summed E-state index contributed by atoms with van der Waals surface area (Å²) in [5, 5.41) is 11.3. The average molecular weight is 332 g/mol. The predicted molar refractivity (Wildman–Crippen MR) is 82.9 cm³/mol. The normalized spacial score (nSPS) is 15.3. The number of unbranched alkanes of at least 4 members (excludes halogenated alkanes) is 1. The van der Waals surface area contributed by atoms with Gasteiger partial charge >= 0.3 is 6.03 Å². The summed E-state index contributed by atoms with van der Waals surface area (Å²) in [6.45, 7) is 3.70. The maximum Gasteiger partial charge on any atom is 0.323 e. The predicted octanol–water partition coefficient (Wildman–Crippen LogP) is 2.27. The molecule has 1 saturated heterocycles. The highest BCUT2D eigenvalue weighted by atomic mass is 32.2. The number of urea groups is 1. The number of hydrogen-bond acceptors (Lipinski definition) is 7. The van der Waals surface area contributed by atoms with Gasteiger partial charge in [0.05, 0.1) is 19.8 Å². The highest BCUT2D eigenvalue weighted by molar-refractivity contribution is 8.01. The summed E-state index contributed by atoms with van der Waals surface area (Å²) in [4.78, 5) is 13.5. The molecule has 0 saturated carbocycles. The third-order valence-electron chi connectivity index (χ3n) is 2.80. The fraction of sp³-hybridized carbons (Fsp3) is 0.750. The van der Waals surface area contributed by atoms with E-state index in [2.05, 4.69) is 22.4 Å². The summed E-state index contributed by atoms with van der Waals surface area (Å²) in [6.07, 6.45) is 1.97. The van der Waals surface area contributed by atoms with Gasteiger partial charge in [-0.1, -0.05) is 36.4 Å². The Labute approximate surface area is 132 Å². The van der Waals surface area contributed by atoms with Crippen LogP contribution in [0.5, 0.6) is 0 Å². The van der Waals surface area contributed by atoms with E-state index in [1.54, 1.807) is 18.8 Å². The molecule has 0 bridgehead atoms. The van der Waals surface area contributed by atoms with Crippen LogP contribution in [0.1, 0.15) is 19.8 Å². The summed E-state index contributed by atoms with van der Waals surface area (Å²) >= 11 is 3.06. The lowest BCUT2D eigenvalue weighted by Crippen LogP contribution is -2.37. The van der Waals surface area contributed by atoms with Crippen LogP contribution in [0.2, 0.25) is 0 Å². The summed E-state index contributed by atoms with van der Waals surface area (Å²) < 4.78 is 11.5. The van der Waals surface area contributed by atoms with Gasteiger partial charge in [-0.05, 0) is 6.42 Å². The number of ether oxygens (including phenoxy) is 2. The number of likely N-dealkylation sites (N-methyl/N-ethyl adjacent to an activating group) is 1. The molecule has 1 aliphatic heterocycles. The fourth-order valence-electron chi connectivity index (χ4n) is 1.63. The molecule has 2 heterocycles. The molecule has 2 amide bonds. The van der Waals surface area contributed by atoms with Crippen LogP contribution < -0.4 is 5.32 Å². The van der Waals surface area contributed by atoms with Crippen LogP contribution in [-0.2, 0) is 9.47 Å². The first kappa shape index (κ1) is 16.5. The van der Waals surface area contributed by atoms with Gasteiger partial charge in [-0.15, -0.1) is 10.2 Å². The number of carbonyl (C=O) groups is 1. The van der Waals surface area contributed by atoms with Crippen molar-refractivity contribution >= 4 is 34.3 Å². The van der Waals surface area contributed by atoms with Crippen LogP contribution in [0.4, 0.5) is 9.93 Å². The lowest BCUT2D eigenvalue weighted by Gasteiger charge is -2.19. The van der Waals surface area contributed by atoms with Crippen molar-refractivity contribution in [3.05, 3.63) is 0 Å². The number of aromatic nitrogens is 2. The highest BCUT2D eigenvalue weighted by Gasteiger charge is 2.21. The lowest BCUT2D eigenvalue weighted by atomic mass is 10.4. The molecule has 118 valence electrons. The van der Waals surface area contributed by atoms with E-state index in [-0.39, 0.29) is 12.3 Å². The van der Waals surface area contributed by atoms with E-state index in [4.69, 9.17) is 9.47 Å². The summed E-state index contributed by atoms with van der Waals surface area (Å²) in [6, 6.07) is -0.240. The molecule has 0 spiro atoms. The minimum absolute atomic E-state index is 0.240. The van der Waals surface area contributed by atoms with Crippen molar-refractivity contribution in [1.82, 2.24) is 15.1 Å². The number of nitrogens with zero attached hydrogens (tertiary/aromatic N) is 3. The largest absolute Gasteiger partial charge is 0.348 e. The number of anilines is 1. The van der Waals surface area contributed by atoms with Gasteiger partial charge < -0.3 is 14.4 Å². The van der Waals surface area contributed by atoms with Gasteiger partial charge in [0.25, 0.3) is 0 Å². The Hall–Kier alpha value is -0.900. The van der Waals surface area contributed by atoms with Crippen LogP contribution in [-0.4, -0.2) is 60.0 Å². The molecule has 0 aliphatic carbocycles. The van der Waals surface area contributed by atoms with Crippen molar-refractivity contribution in [1.29, 1.82) is 0 Å². The van der Waals surface area contributed by atoms with Gasteiger partial charge in [-0.25, -0.2) is 4.79 Å². The van der Waals surface area contributed by atoms with E-state index in [0.29, 0.717) is 24.9 Å². The van der Waals surface area contributed by atoms with E-state index in [0.717, 1.165) is 22.9 Å². The molecule has 7 nitrogen and oxygen atoms in total. The number of hydrogen-bond donors (Lipinski definition) is 1. The molecule has 1 fully saturated rings. The standard InChI is InChI=1S/C12H20N4O3S2/c1-3-4-7-20-12-15-14-10(21-12)13-11(17)16(2)8-9-18-5-6-19-9/h9H,3-8H2,1-2H3,(H,13,14,17). The minimum Gasteiger partial charge on any atom is -0.348 e. The molecule has 1 aromatic rings. The van der Waals surface area contributed by atoms with E-state index in [1.165, 1.54) is 16.2 Å². The second-order valence-electron chi connectivity index (χ2n) is 4.56. The Morgan fingerprint density at radius 3 is 2.95 bits per heavy atom. The Bertz CT molecular complexity index is 451. The second-order valence-corrected chi connectivity index (χ2v) is 6.88. The zero-order valence-corrected chi connectivity index (χ0v) is 13.8. The smallest absolute Gasteiger partial charge is 0.323 e. The molecule has 1 aliphatic rings. The first-order valence-corrected chi connectivity index (χ1v) is 8.71. The second kappa shape index (κ2) is 8.52. The van der Waals surface area contributed by atoms with Gasteiger partial charge in [0.2, 0.25) is 5.13 Å². The molecule has 0 radical (unpaired) electrons. The maximum absolute atomic E-state index is 12.0. The first-order valence-electron chi connectivity index (χ1n) is 6.90. The average Bonchev–Trinajstić information content (AvgIpc) is 3.11. The van der Waals surface area contributed by atoms with E-state index in [9.17, 15) is 4.79 Å². The lowest BCUT2D eigenvalue weighted by molar-refractivity contribution is -0.0518. The van der Waals surface area contributed by atoms with Crippen LogP contribution >= 0.6 is 23.1 Å². The van der Waals surface area contributed by atoms with Crippen molar-refractivity contribution in [3.8, 4) is 0 Å². The van der Waals surface area contributed by atoms with E-state index >= 15 is 0 Å². The summed E-state index contributed by atoms with van der Waals surface area (Å²) in [7, 11) is 1.69. The quantitative estimate of drug-likeness (QED) is 0.469. The zero-order valence-electron chi connectivity index (χ0n) is 12.2. The third kappa shape index (κ3) is 5.42. The van der Waals surface area contributed by atoms with Crippen molar-refractivity contribution in [2.45, 2.75) is 30.4 Å². The Balaban J connectivity index is 1.76. The molecule has 9 heteroatoms. The number of rotatable bonds is 7. The Morgan fingerprint density at radius 1 is 1.48 bits per heavy atom. The Kier molecular flexibility index (Phi) is 6.68. The van der Waals surface area contributed by atoms with Crippen molar-refractivity contribution in [2.75, 3.05) is 37.9 Å². The minimum atomic E-state index is -0.338.